The van der Waals surface area contributed by atoms with Crippen LogP contribution < -0.4 is 0 Å². The molecule has 0 rings (SSSR count). The third-order valence-electron chi connectivity index (χ3n) is 0.979. The maximum Gasteiger partial charge on any atom is 0.237 e. The quantitative estimate of drug-likeness (QED) is 0.581. The summed E-state index contributed by atoms with van der Waals surface area (Å²) in [5.41, 5.74) is 0. The van der Waals surface area contributed by atoms with Crippen molar-refractivity contribution < 1.29 is 9.59 Å². The molecule has 0 saturated carbocycles. The highest BCUT2D eigenvalue weighted by Crippen LogP contribution is 2.28. The van der Waals surface area contributed by atoms with E-state index < -0.39 is 26.6 Å². The highest BCUT2D eigenvalue weighted by atomic mass is 35.5. The normalized spacial score (nSPS) is 11.8. The summed E-state index contributed by atoms with van der Waals surface area (Å²) in [7, 11) is 0. The number of alkyl halides is 5. The third kappa shape index (κ3) is 2.93. The summed E-state index contributed by atoms with van der Waals surface area (Å²) in [6, 6.07) is 0. The third-order valence-corrected chi connectivity index (χ3v) is 2.41. The van der Waals surface area contributed by atoms with Crippen molar-refractivity contribution in [2.75, 3.05) is 5.88 Å². The molecule has 0 aliphatic rings. The minimum Gasteiger partial charge on any atom is -0.294 e. The average molecular weight is 272 g/mol. The molecule has 7 heteroatoms. The molecule has 0 amide bonds. The van der Waals surface area contributed by atoms with Gasteiger partial charge in [0.05, 0.1) is 5.88 Å². The number of carbonyl (C=O) groups is 2. The van der Waals surface area contributed by atoms with Gasteiger partial charge in [-0.2, -0.15) is 0 Å². The SMILES string of the molecule is O=C(CCl)C(Cl)(Cl)C(=O)C(Cl)Cl. The Morgan fingerprint density at radius 2 is 1.67 bits per heavy atom. The van der Waals surface area contributed by atoms with E-state index in [9.17, 15) is 9.59 Å². The van der Waals surface area contributed by atoms with E-state index in [0.717, 1.165) is 0 Å². The van der Waals surface area contributed by atoms with Crippen LogP contribution in [-0.2, 0) is 9.59 Å². The molecule has 0 radical (unpaired) electrons. The molecule has 0 fully saturated rings. The van der Waals surface area contributed by atoms with Crippen LogP contribution in [0.4, 0.5) is 0 Å². The monoisotopic (exact) mass is 270 g/mol. The van der Waals surface area contributed by atoms with Crippen molar-refractivity contribution in [3.05, 3.63) is 0 Å². The van der Waals surface area contributed by atoms with Crippen LogP contribution in [0.25, 0.3) is 0 Å². The lowest BCUT2D eigenvalue weighted by Gasteiger charge is -2.15. The fourth-order valence-electron chi connectivity index (χ4n) is 0.358. The molecule has 0 aromatic carbocycles. The second kappa shape index (κ2) is 4.87. The zero-order valence-electron chi connectivity index (χ0n) is 5.49. The van der Waals surface area contributed by atoms with Crippen molar-refractivity contribution in [3.8, 4) is 0 Å². The van der Waals surface area contributed by atoms with Crippen LogP contribution in [0, 0.1) is 0 Å². The van der Waals surface area contributed by atoms with E-state index in [-0.39, 0.29) is 0 Å². The Hall–Kier alpha value is 0.790. The Bertz CT molecular complexity index is 200. The molecular weight excluding hydrogens is 269 g/mol. The van der Waals surface area contributed by atoms with Gasteiger partial charge < -0.3 is 0 Å². The molecule has 0 spiro atoms. The summed E-state index contributed by atoms with van der Waals surface area (Å²) >= 11 is 26.2. The van der Waals surface area contributed by atoms with Crippen molar-refractivity contribution in [2.24, 2.45) is 0 Å². The molecule has 2 nitrogen and oxygen atoms in total. The minimum atomic E-state index is -2.24. The van der Waals surface area contributed by atoms with E-state index in [4.69, 9.17) is 58.0 Å². The number of hydrogen-bond acceptors (Lipinski definition) is 2. The van der Waals surface area contributed by atoms with E-state index in [1.807, 2.05) is 0 Å². The zero-order valence-corrected chi connectivity index (χ0v) is 9.27. The molecule has 0 aromatic rings. The van der Waals surface area contributed by atoms with Crippen LogP contribution in [0.1, 0.15) is 0 Å². The van der Waals surface area contributed by atoms with E-state index in [0.29, 0.717) is 0 Å². The standard InChI is InChI=1S/C5H3Cl5O2/c6-1-2(11)5(9,10)3(12)4(7)8/h4H,1H2. The van der Waals surface area contributed by atoms with Crippen molar-refractivity contribution >= 4 is 69.6 Å². The number of ketones is 2. The van der Waals surface area contributed by atoms with Gasteiger partial charge in [0, 0.05) is 0 Å². The van der Waals surface area contributed by atoms with Crippen LogP contribution >= 0.6 is 58.0 Å². The molecule has 0 aromatic heterocycles. The van der Waals surface area contributed by atoms with Crippen LogP contribution in [0.2, 0.25) is 0 Å². The van der Waals surface area contributed by atoms with Crippen LogP contribution in [-0.4, -0.2) is 26.6 Å². The molecule has 0 heterocycles. The lowest BCUT2D eigenvalue weighted by Crippen LogP contribution is -2.39. The first-order chi connectivity index (χ1) is 5.34. The molecule has 12 heavy (non-hydrogen) atoms. The Labute approximate surface area is 94.0 Å². The largest absolute Gasteiger partial charge is 0.294 e. The van der Waals surface area contributed by atoms with Crippen molar-refractivity contribution in [3.63, 3.8) is 0 Å². The Morgan fingerprint density at radius 1 is 1.25 bits per heavy atom. The maximum absolute atomic E-state index is 11.0. The van der Waals surface area contributed by atoms with Gasteiger partial charge in [-0.1, -0.05) is 46.4 Å². The molecule has 0 saturated heterocycles. The molecular formula is C5H3Cl5O2. The molecule has 0 aliphatic heterocycles. The first-order valence-corrected chi connectivity index (χ1v) is 4.80. The predicted molar refractivity (Wildman–Crippen MR) is 50.7 cm³/mol. The van der Waals surface area contributed by atoms with Gasteiger partial charge in [-0.25, -0.2) is 0 Å². The van der Waals surface area contributed by atoms with Crippen molar-refractivity contribution in [1.82, 2.24) is 0 Å². The minimum absolute atomic E-state index is 0.473. The summed E-state index contributed by atoms with van der Waals surface area (Å²) in [6.07, 6.45) is 0. The predicted octanol–water partition coefficient (Wildman–Crippen LogP) is 2.34. The first kappa shape index (κ1) is 12.8. The van der Waals surface area contributed by atoms with Gasteiger partial charge in [0.1, 0.15) is 0 Å². The Kier molecular flexibility index (Phi) is 5.19. The van der Waals surface area contributed by atoms with Gasteiger partial charge >= 0.3 is 0 Å². The van der Waals surface area contributed by atoms with Crippen LogP contribution in [0.5, 0.6) is 0 Å². The fourth-order valence-corrected chi connectivity index (χ4v) is 1.60. The Balaban J connectivity index is 4.61. The number of hydrogen-bond donors (Lipinski definition) is 0. The lowest BCUT2D eigenvalue weighted by molar-refractivity contribution is -0.125. The summed E-state index contributed by atoms with van der Waals surface area (Å²) in [6.45, 7) is 0. The highest BCUT2D eigenvalue weighted by molar-refractivity contribution is 6.73. The van der Waals surface area contributed by atoms with E-state index in [1.54, 1.807) is 0 Å². The van der Waals surface area contributed by atoms with E-state index >= 15 is 0 Å². The fraction of sp³-hybridized carbons (Fsp3) is 0.600. The summed E-state index contributed by atoms with van der Waals surface area (Å²) < 4.78 is -2.24. The molecule has 70 valence electrons. The maximum atomic E-state index is 11.0. The molecule has 0 aliphatic carbocycles. The smallest absolute Gasteiger partial charge is 0.237 e. The summed E-state index contributed by atoms with van der Waals surface area (Å²) in [5.74, 6) is -2.30. The number of rotatable bonds is 4. The molecule has 0 bridgehead atoms. The lowest BCUT2D eigenvalue weighted by atomic mass is 10.2. The van der Waals surface area contributed by atoms with Crippen molar-refractivity contribution in [1.29, 1.82) is 0 Å². The number of Topliss-reactive ketones (excluding diaryl/α,β-unsaturated/α-hetero) is 2. The van der Waals surface area contributed by atoms with Gasteiger partial charge in [0.2, 0.25) is 10.1 Å². The molecule has 0 N–H and O–H groups in total. The van der Waals surface area contributed by atoms with Crippen molar-refractivity contribution in [2.45, 2.75) is 9.17 Å². The number of halogens is 5. The van der Waals surface area contributed by atoms with Gasteiger partial charge in [0.15, 0.2) is 10.6 Å². The first-order valence-electron chi connectivity index (χ1n) is 2.63. The van der Waals surface area contributed by atoms with E-state index in [2.05, 4.69) is 0 Å². The topological polar surface area (TPSA) is 34.1 Å². The second-order valence-corrected chi connectivity index (χ2v) is 4.49. The van der Waals surface area contributed by atoms with Gasteiger partial charge in [0.25, 0.3) is 0 Å². The summed E-state index contributed by atoms with van der Waals surface area (Å²) in [5, 5.41) is 0. The van der Waals surface area contributed by atoms with E-state index in [1.165, 1.54) is 0 Å². The van der Waals surface area contributed by atoms with Gasteiger partial charge in [-0.3, -0.25) is 9.59 Å². The Morgan fingerprint density at radius 3 is 1.92 bits per heavy atom. The highest BCUT2D eigenvalue weighted by Gasteiger charge is 2.43. The van der Waals surface area contributed by atoms with Crippen LogP contribution in [0.3, 0.4) is 0 Å². The second-order valence-electron chi connectivity index (χ2n) is 1.80. The molecule has 0 atom stereocenters. The number of carbonyl (C=O) groups excluding carboxylic acids is 2. The summed E-state index contributed by atoms with van der Waals surface area (Å²) in [4.78, 5) is 20.4. The van der Waals surface area contributed by atoms with Crippen LogP contribution in [0.15, 0.2) is 0 Å². The average Bonchev–Trinajstić information content (AvgIpc) is 2.01. The molecule has 0 unspecified atom stereocenters. The van der Waals surface area contributed by atoms with Gasteiger partial charge in [-0.05, 0) is 0 Å². The zero-order chi connectivity index (χ0) is 9.94. The van der Waals surface area contributed by atoms with Gasteiger partial charge in [-0.15, -0.1) is 11.6 Å².